The zero-order chi connectivity index (χ0) is 16.5. The van der Waals surface area contributed by atoms with Crippen LogP contribution in [0.1, 0.15) is 25.5 Å². The smallest absolute Gasteiger partial charge is 0.237 e. The van der Waals surface area contributed by atoms with Gasteiger partial charge < -0.3 is 0 Å². The average molecular weight is 344 g/mol. The van der Waals surface area contributed by atoms with Crippen LogP contribution < -0.4 is 4.72 Å². The van der Waals surface area contributed by atoms with Gasteiger partial charge in [-0.1, -0.05) is 25.4 Å². The van der Waals surface area contributed by atoms with Crippen LogP contribution in [0.25, 0.3) is 11.3 Å². The Morgan fingerprint density at radius 2 is 1.77 bits per heavy atom. The quantitative estimate of drug-likeness (QED) is 0.923. The highest BCUT2D eigenvalue weighted by Gasteiger charge is 2.18. The molecule has 0 fully saturated rings. The van der Waals surface area contributed by atoms with Crippen molar-refractivity contribution in [3.05, 3.63) is 40.8 Å². The summed E-state index contributed by atoms with van der Waals surface area (Å²) in [6, 6.07) is 5.62. The number of halogens is 2. The molecule has 8 heteroatoms. The highest BCUT2D eigenvalue weighted by atomic mass is 35.5. The van der Waals surface area contributed by atoms with Crippen LogP contribution >= 0.6 is 11.6 Å². The molecule has 1 aromatic carbocycles. The van der Waals surface area contributed by atoms with Gasteiger partial charge in [0.2, 0.25) is 16.0 Å². The lowest BCUT2D eigenvalue weighted by molar-refractivity contribution is 0.606. The minimum absolute atomic E-state index is 0.0326. The van der Waals surface area contributed by atoms with E-state index in [9.17, 15) is 12.8 Å². The van der Waals surface area contributed by atoms with Crippen LogP contribution in [0, 0.1) is 5.82 Å². The minimum atomic E-state index is -3.52. The van der Waals surface area contributed by atoms with Crippen molar-refractivity contribution >= 4 is 27.6 Å². The van der Waals surface area contributed by atoms with Crippen molar-refractivity contribution in [2.45, 2.75) is 19.8 Å². The van der Waals surface area contributed by atoms with Crippen LogP contribution in [0.5, 0.6) is 0 Å². The molecule has 2 rings (SSSR count). The number of nitrogens with one attached hydrogen (secondary N) is 1. The first-order chi connectivity index (χ1) is 10.2. The fraction of sp³-hybridized carbons (Fsp3) is 0.286. The largest absolute Gasteiger partial charge is 0.251 e. The molecule has 0 aliphatic rings. The number of rotatable bonds is 4. The average Bonchev–Trinajstić information content (AvgIpc) is 2.39. The minimum Gasteiger partial charge on any atom is -0.251 e. The zero-order valence-corrected chi connectivity index (χ0v) is 13.8. The van der Waals surface area contributed by atoms with Gasteiger partial charge in [-0.15, -0.1) is 0 Å². The topological polar surface area (TPSA) is 72.0 Å². The molecular formula is C14H15ClFN3O2S. The van der Waals surface area contributed by atoms with E-state index in [0.29, 0.717) is 22.0 Å². The van der Waals surface area contributed by atoms with Crippen LogP contribution in [-0.4, -0.2) is 24.6 Å². The summed E-state index contributed by atoms with van der Waals surface area (Å²) in [6.07, 6.45) is 1.01. The normalized spacial score (nSPS) is 11.7. The Balaban J connectivity index is 2.63. The van der Waals surface area contributed by atoms with E-state index >= 15 is 0 Å². The maximum atomic E-state index is 13.1. The number of hydrogen-bond donors (Lipinski definition) is 1. The Labute approximate surface area is 133 Å². The first-order valence-electron chi connectivity index (χ1n) is 6.48. The molecule has 0 bridgehead atoms. The summed E-state index contributed by atoms with van der Waals surface area (Å²) in [7, 11) is -3.52. The monoisotopic (exact) mass is 343 g/mol. The van der Waals surface area contributed by atoms with Gasteiger partial charge in [-0.2, -0.15) is 0 Å². The van der Waals surface area contributed by atoms with E-state index in [-0.39, 0.29) is 17.7 Å². The Kier molecular flexibility index (Phi) is 4.67. The third kappa shape index (κ3) is 3.92. The summed E-state index contributed by atoms with van der Waals surface area (Å²) in [5.74, 6) is -0.475. The van der Waals surface area contributed by atoms with Crippen LogP contribution in [0.4, 0.5) is 10.3 Å². The highest BCUT2D eigenvalue weighted by Crippen LogP contribution is 2.33. The highest BCUT2D eigenvalue weighted by molar-refractivity contribution is 7.91. The number of sulfonamides is 1. The van der Waals surface area contributed by atoms with Crippen molar-refractivity contribution in [3.8, 4) is 11.3 Å². The molecule has 0 aliphatic carbocycles. The fourth-order valence-electron chi connectivity index (χ4n) is 1.86. The van der Waals surface area contributed by atoms with E-state index in [4.69, 9.17) is 11.6 Å². The number of hydrogen-bond acceptors (Lipinski definition) is 4. The lowest BCUT2D eigenvalue weighted by atomic mass is 10.1. The third-order valence-electron chi connectivity index (χ3n) is 2.82. The van der Waals surface area contributed by atoms with E-state index < -0.39 is 10.0 Å². The molecule has 118 valence electrons. The zero-order valence-electron chi connectivity index (χ0n) is 12.3. The number of nitrogens with zero attached hydrogens (tertiary/aromatic N) is 2. The van der Waals surface area contributed by atoms with Gasteiger partial charge in [0.15, 0.2) is 0 Å². The fourth-order valence-corrected chi connectivity index (χ4v) is 2.69. The van der Waals surface area contributed by atoms with E-state index in [1.54, 1.807) is 0 Å². The molecule has 1 heterocycles. The molecule has 0 saturated heterocycles. The van der Waals surface area contributed by atoms with Crippen molar-refractivity contribution in [2.24, 2.45) is 0 Å². The third-order valence-corrected chi connectivity index (χ3v) is 3.74. The predicted octanol–water partition coefficient (Wildman–Crippen LogP) is 3.43. The van der Waals surface area contributed by atoms with Gasteiger partial charge >= 0.3 is 0 Å². The van der Waals surface area contributed by atoms with Gasteiger partial charge in [-0.3, -0.25) is 4.72 Å². The summed E-state index contributed by atoms with van der Waals surface area (Å²) in [4.78, 5) is 8.30. The maximum Gasteiger partial charge on any atom is 0.237 e. The lowest BCUT2D eigenvalue weighted by Gasteiger charge is -2.14. The molecule has 1 aromatic heterocycles. The second kappa shape index (κ2) is 6.18. The standard InChI is InChI=1S/C14H15ClFN3O2S/c1-8(2)12-11(15)13(9-4-6-10(16)7-5-9)18-14(17-12)19-22(3,20)21/h4-8H,1-3H3,(H,17,18,19). The molecule has 0 amide bonds. The van der Waals surface area contributed by atoms with E-state index in [1.807, 2.05) is 13.8 Å². The van der Waals surface area contributed by atoms with Crippen LogP contribution in [0.2, 0.25) is 5.02 Å². The molecule has 0 radical (unpaired) electrons. The molecule has 0 unspecified atom stereocenters. The van der Waals surface area contributed by atoms with Crippen molar-refractivity contribution in [1.82, 2.24) is 9.97 Å². The molecule has 0 spiro atoms. The molecular weight excluding hydrogens is 329 g/mol. The Morgan fingerprint density at radius 1 is 1.18 bits per heavy atom. The molecule has 2 aromatic rings. The molecule has 5 nitrogen and oxygen atoms in total. The first-order valence-corrected chi connectivity index (χ1v) is 8.75. The molecule has 1 N–H and O–H groups in total. The van der Waals surface area contributed by atoms with Gasteiger partial charge in [0.05, 0.1) is 22.7 Å². The van der Waals surface area contributed by atoms with Crippen LogP contribution in [0.15, 0.2) is 24.3 Å². The van der Waals surface area contributed by atoms with Gasteiger partial charge in [-0.25, -0.2) is 22.8 Å². The SMILES string of the molecule is CC(C)c1nc(NS(C)(=O)=O)nc(-c2ccc(F)cc2)c1Cl. The van der Waals surface area contributed by atoms with Crippen molar-refractivity contribution in [1.29, 1.82) is 0 Å². The Morgan fingerprint density at radius 3 is 2.27 bits per heavy atom. The number of benzene rings is 1. The summed E-state index contributed by atoms with van der Waals surface area (Å²) in [6.45, 7) is 3.76. The Hall–Kier alpha value is -1.73. The van der Waals surface area contributed by atoms with Gasteiger partial charge in [0.25, 0.3) is 0 Å². The predicted molar refractivity (Wildman–Crippen MR) is 85.0 cm³/mol. The van der Waals surface area contributed by atoms with E-state index in [0.717, 1.165) is 6.26 Å². The Bertz CT molecular complexity index is 792. The molecule has 0 aliphatic heterocycles. The van der Waals surface area contributed by atoms with Gasteiger partial charge in [0, 0.05) is 5.56 Å². The van der Waals surface area contributed by atoms with Crippen LogP contribution in [-0.2, 0) is 10.0 Å². The summed E-state index contributed by atoms with van der Waals surface area (Å²) in [5, 5.41) is 0.320. The van der Waals surface area contributed by atoms with Crippen molar-refractivity contribution in [2.75, 3.05) is 11.0 Å². The maximum absolute atomic E-state index is 13.1. The summed E-state index contributed by atoms with van der Waals surface area (Å²) in [5.41, 5.74) is 1.45. The number of anilines is 1. The van der Waals surface area contributed by atoms with E-state index in [1.165, 1.54) is 24.3 Å². The summed E-state index contributed by atoms with van der Waals surface area (Å²) < 4.78 is 38.1. The van der Waals surface area contributed by atoms with Gasteiger partial charge in [-0.05, 0) is 30.2 Å². The molecule has 0 saturated carbocycles. The molecule has 22 heavy (non-hydrogen) atoms. The van der Waals surface area contributed by atoms with E-state index in [2.05, 4.69) is 14.7 Å². The lowest BCUT2D eigenvalue weighted by Crippen LogP contribution is -2.14. The second-order valence-electron chi connectivity index (χ2n) is 5.13. The van der Waals surface area contributed by atoms with Crippen LogP contribution in [0.3, 0.4) is 0 Å². The molecule has 0 atom stereocenters. The van der Waals surface area contributed by atoms with Crippen molar-refractivity contribution in [3.63, 3.8) is 0 Å². The summed E-state index contributed by atoms with van der Waals surface area (Å²) >= 11 is 6.33. The number of aromatic nitrogens is 2. The second-order valence-corrected chi connectivity index (χ2v) is 7.26. The van der Waals surface area contributed by atoms with Crippen molar-refractivity contribution < 1.29 is 12.8 Å². The van der Waals surface area contributed by atoms with Gasteiger partial charge in [0.1, 0.15) is 5.82 Å². The first kappa shape index (κ1) is 16.6.